The number of esters is 1. The minimum absolute atomic E-state index is 0.00244. The van der Waals surface area contributed by atoms with Gasteiger partial charge in [-0.3, -0.25) is 0 Å². The molecule has 0 radical (unpaired) electrons. The molecule has 1 aromatic rings. The lowest BCUT2D eigenvalue weighted by Gasteiger charge is -2.12. The van der Waals surface area contributed by atoms with Crippen LogP contribution in [0.15, 0.2) is 6.20 Å². The van der Waals surface area contributed by atoms with E-state index in [1.165, 1.54) is 27.5 Å². The van der Waals surface area contributed by atoms with Crippen LogP contribution in [0.2, 0.25) is 0 Å². The van der Waals surface area contributed by atoms with Gasteiger partial charge in [-0.1, -0.05) is 0 Å². The van der Waals surface area contributed by atoms with E-state index in [1.807, 2.05) is 0 Å². The summed E-state index contributed by atoms with van der Waals surface area (Å²) in [4.78, 5) is 19.2. The molecule has 1 rings (SSSR count). The van der Waals surface area contributed by atoms with Crippen molar-refractivity contribution in [3.63, 3.8) is 0 Å². The number of anilines is 1. The second-order valence-electron chi connectivity index (χ2n) is 3.19. The van der Waals surface area contributed by atoms with Crippen molar-refractivity contribution in [2.75, 3.05) is 27.1 Å². The summed E-state index contributed by atoms with van der Waals surface area (Å²) in [5.74, 6) is -0.586. The molecule has 0 aliphatic heterocycles. The van der Waals surface area contributed by atoms with E-state index in [4.69, 9.17) is 15.2 Å². The number of hydrogen-bond donors (Lipinski definition) is 1. The van der Waals surface area contributed by atoms with Gasteiger partial charge in [0.1, 0.15) is 0 Å². The topological polar surface area (TPSA) is 96.6 Å². The Morgan fingerprint density at radius 1 is 1.41 bits per heavy atom. The maximum atomic E-state index is 11.2. The summed E-state index contributed by atoms with van der Waals surface area (Å²) in [5.41, 5.74) is 6.18. The minimum atomic E-state index is -0.614. The quantitative estimate of drug-likeness (QED) is 0.572. The molecule has 0 aliphatic carbocycles. The molecule has 1 aromatic heterocycles. The number of rotatable bonds is 5. The molecule has 7 nitrogen and oxygen atoms in total. The highest BCUT2D eigenvalue weighted by Gasteiger charge is 2.15. The monoisotopic (exact) mass is 241 g/mol. The van der Waals surface area contributed by atoms with Gasteiger partial charge in [0.15, 0.2) is 17.8 Å². The van der Waals surface area contributed by atoms with E-state index in [2.05, 4.69) is 14.7 Å². The van der Waals surface area contributed by atoms with Crippen molar-refractivity contribution < 1.29 is 19.0 Å². The van der Waals surface area contributed by atoms with Gasteiger partial charge < -0.3 is 19.9 Å². The summed E-state index contributed by atoms with van der Waals surface area (Å²) in [6, 6.07) is 0. The third-order valence-corrected chi connectivity index (χ3v) is 2.13. The first kappa shape index (κ1) is 13.3. The van der Waals surface area contributed by atoms with Crippen LogP contribution in [0.25, 0.3) is 0 Å². The summed E-state index contributed by atoms with van der Waals surface area (Å²) in [6.45, 7) is 0. The fraction of sp³-hybridized carbons (Fsp3) is 0.500. The molecule has 0 amide bonds. The summed E-state index contributed by atoms with van der Waals surface area (Å²) < 4.78 is 14.5. The van der Waals surface area contributed by atoms with E-state index in [9.17, 15) is 4.79 Å². The Morgan fingerprint density at radius 2 is 2.06 bits per heavy atom. The highest BCUT2D eigenvalue weighted by atomic mass is 16.7. The molecule has 0 aromatic carbocycles. The summed E-state index contributed by atoms with van der Waals surface area (Å²) in [5, 5.41) is 0. The van der Waals surface area contributed by atoms with E-state index in [-0.39, 0.29) is 11.5 Å². The van der Waals surface area contributed by atoms with Gasteiger partial charge in [0.2, 0.25) is 0 Å². The van der Waals surface area contributed by atoms with Crippen LogP contribution in [0, 0.1) is 0 Å². The van der Waals surface area contributed by atoms with E-state index < -0.39 is 12.3 Å². The third-order valence-electron chi connectivity index (χ3n) is 2.13. The maximum absolute atomic E-state index is 11.2. The fourth-order valence-corrected chi connectivity index (χ4v) is 1.23. The van der Waals surface area contributed by atoms with Crippen LogP contribution in [0.5, 0.6) is 0 Å². The van der Waals surface area contributed by atoms with Gasteiger partial charge in [-0.25, -0.2) is 14.8 Å². The molecular formula is C10H15N3O4. The zero-order valence-corrected chi connectivity index (χ0v) is 9.97. The number of nitrogen functional groups attached to an aromatic ring is 1. The molecule has 2 N–H and O–H groups in total. The second kappa shape index (κ2) is 6.12. The average Bonchev–Trinajstić information content (AvgIpc) is 2.35. The van der Waals surface area contributed by atoms with Gasteiger partial charge in [-0.05, 0) is 0 Å². The molecule has 94 valence electrons. The molecule has 0 saturated carbocycles. The molecular weight excluding hydrogens is 226 g/mol. The van der Waals surface area contributed by atoms with Crippen LogP contribution >= 0.6 is 0 Å². The van der Waals surface area contributed by atoms with Crippen molar-refractivity contribution in [3.05, 3.63) is 17.6 Å². The number of methoxy groups -OCH3 is 3. The van der Waals surface area contributed by atoms with E-state index in [1.54, 1.807) is 0 Å². The lowest BCUT2D eigenvalue weighted by Crippen LogP contribution is -2.18. The van der Waals surface area contributed by atoms with Crippen LogP contribution in [0.1, 0.15) is 16.2 Å². The summed E-state index contributed by atoms with van der Waals surface area (Å²) in [6.07, 6.45) is 1.41. The fourth-order valence-electron chi connectivity index (χ4n) is 1.23. The Morgan fingerprint density at radius 3 is 2.53 bits per heavy atom. The number of carbonyl (C=O) groups is 1. The number of hydrogen-bond acceptors (Lipinski definition) is 7. The lowest BCUT2D eigenvalue weighted by atomic mass is 10.3. The van der Waals surface area contributed by atoms with Gasteiger partial charge >= 0.3 is 5.97 Å². The molecule has 0 saturated heterocycles. The molecule has 0 spiro atoms. The normalized spacial score (nSPS) is 10.6. The van der Waals surface area contributed by atoms with Gasteiger partial charge in [-0.15, -0.1) is 0 Å². The largest absolute Gasteiger partial charge is 0.464 e. The van der Waals surface area contributed by atoms with Crippen molar-refractivity contribution in [1.29, 1.82) is 0 Å². The molecule has 17 heavy (non-hydrogen) atoms. The molecule has 1 heterocycles. The minimum Gasteiger partial charge on any atom is -0.464 e. The zero-order chi connectivity index (χ0) is 12.8. The summed E-state index contributed by atoms with van der Waals surface area (Å²) >= 11 is 0. The molecule has 0 fully saturated rings. The number of aromatic nitrogens is 2. The Labute approximate surface area is 98.9 Å². The predicted octanol–water partition coefficient (Wildman–Crippen LogP) is 0.00680. The number of ether oxygens (including phenoxy) is 3. The molecule has 0 atom stereocenters. The number of carbonyl (C=O) groups excluding carboxylic acids is 1. The molecule has 7 heteroatoms. The van der Waals surface area contributed by atoms with Crippen molar-refractivity contribution in [3.8, 4) is 0 Å². The first-order valence-corrected chi connectivity index (χ1v) is 4.87. The first-order valence-electron chi connectivity index (χ1n) is 4.87. The molecule has 0 aliphatic rings. The standard InChI is InChI=1S/C10H15N3O4/c1-15-7(16-2)4-6-5-12-8(9(11)13-6)10(14)17-3/h5,7H,4H2,1-3H3,(H2,11,13). The third kappa shape index (κ3) is 3.36. The van der Waals surface area contributed by atoms with Crippen LogP contribution in [-0.4, -0.2) is 43.6 Å². The Balaban J connectivity index is 2.85. The highest BCUT2D eigenvalue weighted by Crippen LogP contribution is 2.10. The summed E-state index contributed by atoms with van der Waals surface area (Å²) in [7, 11) is 4.30. The second-order valence-corrected chi connectivity index (χ2v) is 3.19. The van der Waals surface area contributed by atoms with Crippen LogP contribution in [-0.2, 0) is 20.6 Å². The van der Waals surface area contributed by atoms with Gasteiger partial charge in [0.05, 0.1) is 12.8 Å². The van der Waals surface area contributed by atoms with E-state index in [0.29, 0.717) is 12.1 Å². The maximum Gasteiger partial charge on any atom is 0.360 e. The van der Waals surface area contributed by atoms with E-state index >= 15 is 0 Å². The van der Waals surface area contributed by atoms with E-state index in [0.717, 1.165) is 0 Å². The zero-order valence-electron chi connectivity index (χ0n) is 9.97. The van der Waals surface area contributed by atoms with Gasteiger partial charge in [0.25, 0.3) is 0 Å². The Kier molecular flexibility index (Phi) is 4.80. The van der Waals surface area contributed by atoms with Crippen molar-refractivity contribution >= 4 is 11.8 Å². The number of nitrogens with two attached hydrogens (primary N) is 1. The number of nitrogens with zero attached hydrogens (tertiary/aromatic N) is 2. The lowest BCUT2D eigenvalue weighted by molar-refractivity contribution is -0.101. The van der Waals surface area contributed by atoms with Crippen LogP contribution < -0.4 is 5.73 Å². The average molecular weight is 241 g/mol. The van der Waals surface area contributed by atoms with Gasteiger partial charge in [-0.2, -0.15) is 0 Å². The van der Waals surface area contributed by atoms with Crippen LogP contribution in [0.3, 0.4) is 0 Å². The SMILES string of the molecule is COC(=O)c1ncc(CC(OC)OC)nc1N. The smallest absolute Gasteiger partial charge is 0.360 e. The highest BCUT2D eigenvalue weighted by molar-refractivity contribution is 5.91. The Bertz CT molecular complexity index is 393. The van der Waals surface area contributed by atoms with Gasteiger partial charge in [0, 0.05) is 26.8 Å². The van der Waals surface area contributed by atoms with Crippen molar-refractivity contribution in [1.82, 2.24) is 9.97 Å². The first-order chi connectivity index (χ1) is 8.12. The molecule has 0 unspecified atom stereocenters. The van der Waals surface area contributed by atoms with Crippen molar-refractivity contribution in [2.45, 2.75) is 12.7 Å². The van der Waals surface area contributed by atoms with Crippen molar-refractivity contribution in [2.24, 2.45) is 0 Å². The Hall–Kier alpha value is -1.73. The predicted molar refractivity (Wildman–Crippen MR) is 59.3 cm³/mol. The van der Waals surface area contributed by atoms with Crippen LogP contribution in [0.4, 0.5) is 5.82 Å². The molecule has 0 bridgehead atoms.